The summed E-state index contributed by atoms with van der Waals surface area (Å²) < 4.78 is 97.2. The Labute approximate surface area is 184 Å². The maximum Gasteiger partial charge on any atom is 0.419 e. The van der Waals surface area contributed by atoms with Crippen LogP contribution in [0.2, 0.25) is 0 Å². The molecule has 0 bridgehead atoms. The summed E-state index contributed by atoms with van der Waals surface area (Å²) in [4.78, 5) is 25.9. The molecule has 2 aliphatic rings. The number of amides is 3. The van der Waals surface area contributed by atoms with Crippen LogP contribution in [0.3, 0.4) is 0 Å². The molecule has 2 N–H and O–H groups in total. The number of alkyl halides is 6. The third-order valence-electron chi connectivity index (χ3n) is 5.84. The van der Waals surface area contributed by atoms with Crippen LogP contribution >= 0.6 is 0 Å². The first kappa shape index (κ1) is 25.1. The van der Waals surface area contributed by atoms with Crippen LogP contribution in [0.15, 0.2) is 18.2 Å². The van der Waals surface area contributed by atoms with E-state index >= 15 is 0 Å². The summed E-state index contributed by atoms with van der Waals surface area (Å²) in [5.41, 5.74) is -1.69. The molecule has 33 heavy (non-hydrogen) atoms. The van der Waals surface area contributed by atoms with Crippen molar-refractivity contribution in [2.24, 2.45) is 5.92 Å². The summed E-state index contributed by atoms with van der Waals surface area (Å²) in [5, 5.41) is 5.09. The summed E-state index contributed by atoms with van der Waals surface area (Å²) in [6, 6.07) is -0.685. The molecule has 0 radical (unpaired) electrons. The van der Waals surface area contributed by atoms with Gasteiger partial charge in [0.2, 0.25) is 5.91 Å². The van der Waals surface area contributed by atoms with Crippen molar-refractivity contribution in [2.75, 3.05) is 19.7 Å². The van der Waals surface area contributed by atoms with Gasteiger partial charge in [-0.15, -0.1) is 0 Å². The van der Waals surface area contributed by atoms with E-state index in [0.29, 0.717) is 12.1 Å². The second kappa shape index (κ2) is 9.35. The van der Waals surface area contributed by atoms with Gasteiger partial charge in [-0.25, -0.2) is 9.18 Å². The maximum atomic E-state index is 13.8. The van der Waals surface area contributed by atoms with Crippen molar-refractivity contribution in [1.29, 1.82) is 0 Å². The number of carbonyl (C=O) groups is 2. The Hall–Kier alpha value is -2.57. The predicted molar refractivity (Wildman–Crippen MR) is 100 cm³/mol. The van der Waals surface area contributed by atoms with E-state index in [1.165, 1.54) is 11.8 Å². The summed E-state index contributed by atoms with van der Waals surface area (Å²) in [6.07, 6.45) is -12.2. The SMILES string of the molecule is CC1C(=O)NCCN1C(=O)NC(c1ccc(F)c(C(F)(F)F)c1)C1CCC(C(F)(F)F)OC1. The fraction of sp³-hybridized carbons (Fsp3) is 0.600. The fourth-order valence-electron chi connectivity index (χ4n) is 4.00. The maximum absolute atomic E-state index is 13.8. The van der Waals surface area contributed by atoms with Crippen LogP contribution in [0.4, 0.5) is 35.5 Å². The topological polar surface area (TPSA) is 70.7 Å². The Balaban J connectivity index is 1.89. The van der Waals surface area contributed by atoms with E-state index in [9.17, 15) is 40.3 Å². The van der Waals surface area contributed by atoms with Gasteiger partial charge in [0.25, 0.3) is 0 Å². The number of nitrogens with one attached hydrogen (secondary N) is 2. The molecule has 4 atom stereocenters. The Morgan fingerprint density at radius 1 is 1.21 bits per heavy atom. The van der Waals surface area contributed by atoms with Crippen molar-refractivity contribution in [3.05, 3.63) is 35.1 Å². The quantitative estimate of drug-likeness (QED) is 0.641. The minimum absolute atomic E-state index is 0.107. The number of carbonyl (C=O) groups excluding carboxylic acids is 2. The minimum Gasteiger partial charge on any atom is -0.368 e. The van der Waals surface area contributed by atoms with Crippen molar-refractivity contribution in [3.8, 4) is 0 Å². The molecule has 0 spiro atoms. The van der Waals surface area contributed by atoms with E-state index in [0.717, 1.165) is 6.07 Å². The molecule has 2 heterocycles. The molecule has 1 aromatic carbocycles. The van der Waals surface area contributed by atoms with Gasteiger partial charge >= 0.3 is 18.4 Å². The number of hydrogen-bond donors (Lipinski definition) is 2. The number of hydrogen-bond acceptors (Lipinski definition) is 3. The third kappa shape index (κ3) is 5.68. The van der Waals surface area contributed by atoms with Gasteiger partial charge in [-0.2, -0.15) is 26.3 Å². The highest BCUT2D eigenvalue weighted by atomic mass is 19.4. The summed E-state index contributed by atoms with van der Waals surface area (Å²) in [5.74, 6) is -2.76. The molecule has 2 aliphatic heterocycles. The lowest BCUT2D eigenvalue weighted by Crippen LogP contribution is -2.59. The summed E-state index contributed by atoms with van der Waals surface area (Å²) in [6.45, 7) is 1.26. The number of benzene rings is 1. The number of rotatable bonds is 3. The van der Waals surface area contributed by atoms with Gasteiger partial charge in [-0.1, -0.05) is 6.07 Å². The molecule has 2 fully saturated rings. The van der Waals surface area contributed by atoms with Crippen molar-refractivity contribution >= 4 is 11.9 Å². The van der Waals surface area contributed by atoms with E-state index in [1.54, 1.807) is 0 Å². The Bertz CT molecular complexity index is 883. The number of nitrogens with zero attached hydrogens (tertiary/aromatic N) is 1. The average molecular weight is 485 g/mol. The lowest BCUT2D eigenvalue weighted by atomic mass is 9.86. The standard InChI is InChI=1S/C20H22F7N3O3/c1-10-17(31)28-6-7-30(10)18(32)29-16(12-3-5-15(33-9-12)20(25,26)27)11-2-4-14(21)13(8-11)19(22,23)24/h2,4,8,10,12,15-16H,3,5-7,9H2,1H3,(H,28,31)(H,29,32). The second-order valence-corrected chi connectivity index (χ2v) is 8.03. The number of urea groups is 1. The number of ether oxygens (including phenoxy) is 1. The molecule has 2 saturated heterocycles. The summed E-state index contributed by atoms with van der Waals surface area (Å²) in [7, 11) is 0. The lowest BCUT2D eigenvalue weighted by Gasteiger charge is -2.38. The van der Waals surface area contributed by atoms with Gasteiger partial charge in [0.15, 0.2) is 6.10 Å². The van der Waals surface area contributed by atoms with Crippen molar-refractivity contribution in [2.45, 2.75) is 50.3 Å². The van der Waals surface area contributed by atoms with E-state index in [4.69, 9.17) is 4.74 Å². The van der Waals surface area contributed by atoms with Crippen molar-refractivity contribution in [1.82, 2.24) is 15.5 Å². The Kier molecular flexibility index (Phi) is 7.10. The molecule has 184 valence electrons. The highest BCUT2D eigenvalue weighted by molar-refractivity contribution is 5.88. The molecule has 6 nitrogen and oxygen atoms in total. The minimum atomic E-state index is -5.02. The molecular formula is C20H22F7N3O3. The molecular weight excluding hydrogens is 463 g/mol. The van der Waals surface area contributed by atoms with Gasteiger partial charge in [0.1, 0.15) is 11.9 Å². The van der Waals surface area contributed by atoms with Crippen LogP contribution in [-0.4, -0.2) is 54.9 Å². The Morgan fingerprint density at radius 2 is 1.91 bits per heavy atom. The van der Waals surface area contributed by atoms with E-state index in [2.05, 4.69) is 10.6 Å². The summed E-state index contributed by atoms with van der Waals surface area (Å²) >= 11 is 0. The molecule has 0 saturated carbocycles. The normalized spacial score (nSPS) is 25.4. The van der Waals surface area contributed by atoms with Gasteiger partial charge in [-0.3, -0.25) is 4.79 Å². The van der Waals surface area contributed by atoms with Gasteiger partial charge < -0.3 is 20.3 Å². The van der Waals surface area contributed by atoms with Crippen molar-refractivity contribution < 1.29 is 45.1 Å². The van der Waals surface area contributed by atoms with Gasteiger partial charge in [0, 0.05) is 19.0 Å². The van der Waals surface area contributed by atoms with Crippen LogP contribution in [0.25, 0.3) is 0 Å². The van der Waals surface area contributed by atoms with E-state index in [1.807, 2.05) is 0 Å². The molecule has 3 rings (SSSR count). The molecule has 0 aliphatic carbocycles. The molecule has 3 amide bonds. The Morgan fingerprint density at radius 3 is 2.48 bits per heavy atom. The van der Waals surface area contributed by atoms with Crippen LogP contribution in [-0.2, 0) is 15.7 Å². The van der Waals surface area contributed by atoms with Crippen LogP contribution in [0.1, 0.15) is 36.9 Å². The highest BCUT2D eigenvalue weighted by Gasteiger charge is 2.45. The van der Waals surface area contributed by atoms with E-state index in [-0.39, 0.29) is 25.1 Å². The molecule has 4 unspecified atom stereocenters. The second-order valence-electron chi connectivity index (χ2n) is 8.03. The van der Waals surface area contributed by atoms with Crippen LogP contribution in [0, 0.1) is 11.7 Å². The average Bonchev–Trinajstić information content (AvgIpc) is 2.73. The van der Waals surface area contributed by atoms with Gasteiger partial charge in [-0.05, 0) is 37.5 Å². The van der Waals surface area contributed by atoms with Crippen molar-refractivity contribution in [3.63, 3.8) is 0 Å². The largest absolute Gasteiger partial charge is 0.419 e. The zero-order valence-electron chi connectivity index (χ0n) is 17.4. The first-order valence-electron chi connectivity index (χ1n) is 10.2. The van der Waals surface area contributed by atoms with Gasteiger partial charge in [0.05, 0.1) is 18.2 Å². The molecule has 13 heteroatoms. The lowest BCUT2D eigenvalue weighted by molar-refractivity contribution is -0.236. The highest BCUT2D eigenvalue weighted by Crippen LogP contribution is 2.39. The first-order valence-corrected chi connectivity index (χ1v) is 10.2. The number of halogens is 7. The molecule has 0 aromatic heterocycles. The van der Waals surface area contributed by atoms with Crippen LogP contribution in [0.5, 0.6) is 0 Å². The zero-order chi connectivity index (χ0) is 24.6. The third-order valence-corrected chi connectivity index (χ3v) is 5.84. The monoisotopic (exact) mass is 485 g/mol. The number of piperazine rings is 1. The zero-order valence-corrected chi connectivity index (χ0v) is 17.4. The van der Waals surface area contributed by atoms with Crippen LogP contribution < -0.4 is 10.6 Å². The smallest absolute Gasteiger partial charge is 0.368 e. The predicted octanol–water partition coefficient (Wildman–Crippen LogP) is 3.77. The molecule has 1 aromatic rings. The first-order chi connectivity index (χ1) is 15.3. The fourth-order valence-corrected chi connectivity index (χ4v) is 4.00. The van der Waals surface area contributed by atoms with E-state index < -0.39 is 72.8 Å².